The summed E-state index contributed by atoms with van der Waals surface area (Å²) in [4.78, 5) is 20.4. The van der Waals surface area contributed by atoms with Crippen molar-refractivity contribution in [3.8, 4) is 11.1 Å². The molecule has 6 heteroatoms. The van der Waals surface area contributed by atoms with Gasteiger partial charge >= 0.3 is 5.97 Å². The minimum absolute atomic E-state index is 0.326. The van der Waals surface area contributed by atoms with E-state index in [9.17, 15) is 4.79 Å². The Kier molecular flexibility index (Phi) is 5.76. The Balaban J connectivity index is 1.63. The van der Waals surface area contributed by atoms with Gasteiger partial charge in [0, 0.05) is 48.6 Å². The minimum atomic E-state index is -0.326. The van der Waals surface area contributed by atoms with E-state index >= 15 is 0 Å². The van der Waals surface area contributed by atoms with Crippen molar-refractivity contribution in [3.63, 3.8) is 0 Å². The molecule has 1 N–H and O–H groups in total. The van der Waals surface area contributed by atoms with Gasteiger partial charge in [-0.25, -0.2) is 4.79 Å². The molecule has 29 heavy (non-hydrogen) atoms. The SMILES string of the molecule is CCOC(=O)c1[nH]cc(-c2ccc(Cl)cc2)c1N1CCN(c2ccccc2)CC1. The van der Waals surface area contributed by atoms with Crippen molar-refractivity contribution in [2.45, 2.75) is 6.92 Å². The van der Waals surface area contributed by atoms with Crippen LogP contribution in [0.5, 0.6) is 0 Å². The average molecular weight is 410 g/mol. The molecule has 1 saturated heterocycles. The molecule has 0 bridgehead atoms. The number of esters is 1. The first kappa shape index (κ1) is 19.4. The lowest BCUT2D eigenvalue weighted by molar-refractivity contribution is 0.0521. The highest BCUT2D eigenvalue weighted by molar-refractivity contribution is 6.30. The minimum Gasteiger partial charge on any atom is -0.461 e. The highest BCUT2D eigenvalue weighted by Crippen LogP contribution is 2.36. The molecule has 0 unspecified atom stereocenters. The number of hydrogen-bond donors (Lipinski definition) is 1. The number of para-hydroxylation sites is 1. The lowest BCUT2D eigenvalue weighted by atomic mass is 10.1. The zero-order valence-corrected chi connectivity index (χ0v) is 17.2. The number of carbonyl (C=O) groups is 1. The van der Waals surface area contributed by atoms with Crippen LogP contribution in [0.4, 0.5) is 11.4 Å². The van der Waals surface area contributed by atoms with Crippen LogP contribution in [-0.4, -0.2) is 43.7 Å². The number of carbonyl (C=O) groups excluding carboxylic acids is 1. The summed E-state index contributed by atoms with van der Waals surface area (Å²) in [6.45, 7) is 5.57. The van der Waals surface area contributed by atoms with Crippen molar-refractivity contribution in [1.82, 2.24) is 4.98 Å². The summed E-state index contributed by atoms with van der Waals surface area (Å²) in [5.41, 5.74) is 4.63. The summed E-state index contributed by atoms with van der Waals surface area (Å²) in [7, 11) is 0. The second-order valence-electron chi connectivity index (χ2n) is 6.96. The van der Waals surface area contributed by atoms with Crippen LogP contribution in [0.1, 0.15) is 17.4 Å². The number of piperazine rings is 1. The van der Waals surface area contributed by atoms with Crippen molar-refractivity contribution in [3.05, 3.63) is 71.5 Å². The van der Waals surface area contributed by atoms with Gasteiger partial charge in [-0.05, 0) is 36.8 Å². The third-order valence-electron chi connectivity index (χ3n) is 5.20. The van der Waals surface area contributed by atoms with Crippen LogP contribution in [-0.2, 0) is 4.74 Å². The van der Waals surface area contributed by atoms with E-state index in [1.54, 1.807) is 0 Å². The first-order valence-corrected chi connectivity index (χ1v) is 10.2. The molecular weight excluding hydrogens is 386 g/mol. The van der Waals surface area contributed by atoms with Gasteiger partial charge in [0.15, 0.2) is 0 Å². The first-order chi connectivity index (χ1) is 14.2. The second-order valence-corrected chi connectivity index (χ2v) is 7.40. The van der Waals surface area contributed by atoms with E-state index in [4.69, 9.17) is 16.3 Å². The predicted octanol–water partition coefficient (Wildman–Crippen LogP) is 4.84. The number of hydrogen-bond acceptors (Lipinski definition) is 4. The van der Waals surface area contributed by atoms with Gasteiger partial charge in [-0.3, -0.25) is 0 Å². The molecule has 1 aromatic heterocycles. The van der Waals surface area contributed by atoms with Gasteiger partial charge in [0.1, 0.15) is 5.69 Å². The molecule has 1 aliphatic heterocycles. The summed E-state index contributed by atoms with van der Waals surface area (Å²) in [6.07, 6.45) is 1.88. The maximum Gasteiger partial charge on any atom is 0.356 e. The van der Waals surface area contributed by atoms with E-state index in [-0.39, 0.29) is 5.97 Å². The van der Waals surface area contributed by atoms with Gasteiger partial charge in [-0.1, -0.05) is 41.9 Å². The fourth-order valence-electron chi connectivity index (χ4n) is 3.78. The summed E-state index contributed by atoms with van der Waals surface area (Å²) in [5.74, 6) is -0.326. The third-order valence-corrected chi connectivity index (χ3v) is 5.46. The lowest BCUT2D eigenvalue weighted by Gasteiger charge is -2.37. The van der Waals surface area contributed by atoms with Crippen LogP contribution >= 0.6 is 11.6 Å². The molecule has 1 aliphatic rings. The van der Waals surface area contributed by atoms with E-state index in [1.807, 2.05) is 43.5 Å². The quantitative estimate of drug-likeness (QED) is 0.612. The van der Waals surface area contributed by atoms with E-state index in [0.29, 0.717) is 17.3 Å². The van der Waals surface area contributed by atoms with Crippen molar-refractivity contribution >= 4 is 28.9 Å². The Hall–Kier alpha value is -2.92. The lowest BCUT2D eigenvalue weighted by Crippen LogP contribution is -2.47. The molecule has 2 heterocycles. The number of aromatic nitrogens is 1. The van der Waals surface area contributed by atoms with Gasteiger partial charge in [0.2, 0.25) is 0 Å². The summed E-state index contributed by atoms with van der Waals surface area (Å²) in [6, 6.07) is 18.1. The molecule has 0 saturated carbocycles. The van der Waals surface area contributed by atoms with Gasteiger partial charge in [0.25, 0.3) is 0 Å². The molecule has 0 amide bonds. The van der Waals surface area contributed by atoms with Crippen molar-refractivity contribution < 1.29 is 9.53 Å². The highest BCUT2D eigenvalue weighted by atomic mass is 35.5. The Morgan fingerprint density at radius 3 is 2.31 bits per heavy atom. The number of nitrogens with one attached hydrogen (secondary N) is 1. The van der Waals surface area contributed by atoms with Crippen LogP contribution in [0.25, 0.3) is 11.1 Å². The molecule has 4 rings (SSSR count). The van der Waals surface area contributed by atoms with E-state index in [1.165, 1.54) is 5.69 Å². The molecular formula is C23H24ClN3O2. The van der Waals surface area contributed by atoms with Crippen molar-refractivity contribution in [2.75, 3.05) is 42.6 Å². The summed E-state index contributed by atoms with van der Waals surface area (Å²) >= 11 is 6.06. The van der Waals surface area contributed by atoms with Crippen LogP contribution in [0, 0.1) is 0 Å². The average Bonchev–Trinajstić information content (AvgIpc) is 3.20. The molecule has 3 aromatic rings. The molecule has 150 valence electrons. The zero-order valence-electron chi connectivity index (χ0n) is 16.4. The van der Waals surface area contributed by atoms with Crippen LogP contribution in [0.3, 0.4) is 0 Å². The number of anilines is 2. The zero-order chi connectivity index (χ0) is 20.2. The summed E-state index contributed by atoms with van der Waals surface area (Å²) < 4.78 is 5.29. The first-order valence-electron chi connectivity index (χ1n) is 9.86. The van der Waals surface area contributed by atoms with Crippen molar-refractivity contribution in [1.29, 1.82) is 0 Å². The highest BCUT2D eigenvalue weighted by Gasteiger charge is 2.27. The van der Waals surface area contributed by atoms with E-state index < -0.39 is 0 Å². The molecule has 0 spiro atoms. The Morgan fingerprint density at radius 1 is 1.00 bits per heavy atom. The Morgan fingerprint density at radius 2 is 1.66 bits per heavy atom. The fraction of sp³-hybridized carbons (Fsp3) is 0.261. The topological polar surface area (TPSA) is 48.6 Å². The van der Waals surface area contributed by atoms with Gasteiger partial charge in [-0.2, -0.15) is 0 Å². The van der Waals surface area contributed by atoms with Crippen molar-refractivity contribution in [2.24, 2.45) is 0 Å². The number of nitrogens with zero attached hydrogens (tertiary/aromatic N) is 2. The van der Waals surface area contributed by atoms with Crippen LogP contribution < -0.4 is 9.80 Å². The molecule has 1 fully saturated rings. The molecule has 5 nitrogen and oxygen atoms in total. The van der Waals surface area contributed by atoms with Gasteiger partial charge in [-0.15, -0.1) is 0 Å². The number of benzene rings is 2. The molecule has 0 atom stereocenters. The van der Waals surface area contributed by atoms with Gasteiger partial charge in [0.05, 0.1) is 12.3 Å². The molecule has 2 aromatic carbocycles. The summed E-state index contributed by atoms with van der Waals surface area (Å²) in [5, 5.41) is 0.688. The van der Waals surface area contributed by atoms with Gasteiger partial charge < -0.3 is 19.5 Å². The maximum absolute atomic E-state index is 12.6. The van der Waals surface area contributed by atoms with Crippen LogP contribution in [0.15, 0.2) is 60.8 Å². The Bertz CT molecular complexity index is 962. The van der Waals surface area contributed by atoms with Crippen LogP contribution in [0.2, 0.25) is 5.02 Å². The fourth-order valence-corrected chi connectivity index (χ4v) is 3.91. The largest absolute Gasteiger partial charge is 0.461 e. The maximum atomic E-state index is 12.6. The Labute approximate surface area is 175 Å². The monoisotopic (exact) mass is 409 g/mol. The molecule has 0 aliphatic carbocycles. The predicted molar refractivity (Wildman–Crippen MR) is 118 cm³/mol. The standard InChI is InChI=1S/C23H24ClN3O2/c1-2-29-23(28)21-22(20(16-25-21)17-8-10-18(24)11-9-17)27-14-12-26(13-15-27)19-6-4-3-5-7-19/h3-11,16,25H,2,12-15H2,1H3. The van der Waals surface area contributed by atoms with E-state index in [0.717, 1.165) is 43.0 Å². The smallest absolute Gasteiger partial charge is 0.356 e. The number of aromatic amines is 1. The number of H-pyrrole nitrogens is 1. The van der Waals surface area contributed by atoms with E-state index in [2.05, 4.69) is 39.0 Å². The number of rotatable bonds is 5. The number of ether oxygens (including phenoxy) is 1. The third kappa shape index (κ3) is 4.10. The molecule has 0 radical (unpaired) electrons. The second kappa shape index (κ2) is 8.62. The normalized spacial score (nSPS) is 14.1. The number of halogens is 1.